The Hall–Kier alpha value is -0.750. The first kappa shape index (κ1) is 14.2. The van der Waals surface area contributed by atoms with E-state index >= 15 is 0 Å². The van der Waals surface area contributed by atoms with Crippen LogP contribution in [0.15, 0.2) is 0 Å². The lowest BCUT2D eigenvalue weighted by Gasteiger charge is -2.14. The number of halogens is 2. The highest BCUT2D eigenvalue weighted by atomic mass is 19.3. The van der Waals surface area contributed by atoms with Crippen LogP contribution in [0.5, 0.6) is 0 Å². The van der Waals surface area contributed by atoms with Crippen molar-refractivity contribution in [2.75, 3.05) is 26.9 Å². The van der Waals surface area contributed by atoms with Crippen LogP contribution in [0, 0.1) is 0 Å². The van der Waals surface area contributed by atoms with Gasteiger partial charge in [-0.05, 0) is 13.0 Å². The molecule has 0 heterocycles. The monoisotopic (exact) mass is 225 g/mol. The van der Waals surface area contributed by atoms with Crippen LogP contribution in [0.4, 0.5) is 8.78 Å². The van der Waals surface area contributed by atoms with Gasteiger partial charge in [0.05, 0.1) is 7.11 Å². The second kappa shape index (κ2) is 8.55. The standard InChI is InChI=1S/C9H17F2NO3/c1-3-12-7(9(13)14-2)4-5-15-6-8(10)11/h7-8,12H,3-6H2,1-2H3. The normalized spacial score (nSPS) is 12.9. The van der Waals surface area contributed by atoms with E-state index < -0.39 is 25.0 Å². The third kappa shape index (κ3) is 7.21. The molecule has 0 aliphatic carbocycles. The summed E-state index contributed by atoms with van der Waals surface area (Å²) in [6.07, 6.45) is -2.14. The zero-order chi connectivity index (χ0) is 11.7. The summed E-state index contributed by atoms with van der Waals surface area (Å²) in [5.74, 6) is -0.405. The number of rotatable bonds is 8. The first-order valence-corrected chi connectivity index (χ1v) is 4.78. The smallest absolute Gasteiger partial charge is 0.322 e. The van der Waals surface area contributed by atoms with Crippen LogP contribution in [0.2, 0.25) is 0 Å². The second-order valence-electron chi connectivity index (χ2n) is 2.89. The molecule has 0 rings (SSSR count). The van der Waals surface area contributed by atoms with Crippen LogP contribution in [0.1, 0.15) is 13.3 Å². The zero-order valence-corrected chi connectivity index (χ0v) is 8.96. The van der Waals surface area contributed by atoms with Gasteiger partial charge in [-0.3, -0.25) is 4.79 Å². The predicted octanol–water partition coefficient (Wildman–Crippen LogP) is 0.809. The van der Waals surface area contributed by atoms with Gasteiger partial charge in [-0.2, -0.15) is 0 Å². The van der Waals surface area contributed by atoms with Gasteiger partial charge in [-0.1, -0.05) is 6.92 Å². The molecule has 1 atom stereocenters. The van der Waals surface area contributed by atoms with E-state index in [2.05, 4.69) is 14.8 Å². The number of alkyl halides is 2. The third-order valence-corrected chi connectivity index (χ3v) is 1.73. The molecule has 0 saturated carbocycles. The number of carbonyl (C=O) groups is 1. The Morgan fingerprint density at radius 2 is 2.13 bits per heavy atom. The quantitative estimate of drug-likeness (QED) is 0.490. The second-order valence-corrected chi connectivity index (χ2v) is 2.89. The molecule has 15 heavy (non-hydrogen) atoms. The highest BCUT2D eigenvalue weighted by molar-refractivity contribution is 5.75. The highest BCUT2D eigenvalue weighted by Gasteiger charge is 2.17. The Bertz CT molecular complexity index is 179. The van der Waals surface area contributed by atoms with Crippen molar-refractivity contribution in [3.63, 3.8) is 0 Å². The average molecular weight is 225 g/mol. The average Bonchev–Trinajstić information content (AvgIpc) is 2.21. The van der Waals surface area contributed by atoms with Crippen molar-refractivity contribution in [2.45, 2.75) is 25.8 Å². The molecule has 0 bridgehead atoms. The number of hydrogen-bond donors (Lipinski definition) is 1. The maximum absolute atomic E-state index is 11.7. The highest BCUT2D eigenvalue weighted by Crippen LogP contribution is 1.98. The molecule has 0 aliphatic heterocycles. The lowest BCUT2D eigenvalue weighted by molar-refractivity contribution is -0.143. The number of nitrogens with one attached hydrogen (secondary N) is 1. The van der Waals surface area contributed by atoms with Crippen molar-refractivity contribution in [2.24, 2.45) is 0 Å². The Kier molecular flexibility index (Phi) is 8.12. The van der Waals surface area contributed by atoms with Gasteiger partial charge in [0.25, 0.3) is 6.43 Å². The minimum atomic E-state index is -2.47. The van der Waals surface area contributed by atoms with Gasteiger partial charge in [0, 0.05) is 6.61 Å². The van der Waals surface area contributed by atoms with Crippen LogP contribution < -0.4 is 5.32 Å². The first-order valence-electron chi connectivity index (χ1n) is 4.78. The molecule has 0 saturated heterocycles. The maximum Gasteiger partial charge on any atom is 0.322 e. The number of carbonyl (C=O) groups excluding carboxylic acids is 1. The van der Waals surface area contributed by atoms with Gasteiger partial charge in [0.15, 0.2) is 0 Å². The van der Waals surface area contributed by atoms with Gasteiger partial charge in [-0.15, -0.1) is 0 Å². The van der Waals surface area contributed by atoms with E-state index in [1.54, 1.807) is 0 Å². The van der Waals surface area contributed by atoms with Crippen molar-refractivity contribution in [1.82, 2.24) is 5.32 Å². The first-order chi connectivity index (χ1) is 7.11. The van der Waals surface area contributed by atoms with E-state index in [0.29, 0.717) is 13.0 Å². The Morgan fingerprint density at radius 3 is 2.60 bits per heavy atom. The lowest BCUT2D eigenvalue weighted by Crippen LogP contribution is -2.38. The summed E-state index contributed by atoms with van der Waals surface area (Å²) in [5, 5.41) is 2.88. The van der Waals surface area contributed by atoms with Gasteiger partial charge >= 0.3 is 5.97 Å². The molecule has 0 fully saturated rings. The van der Waals surface area contributed by atoms with Crippen LogP contribution in [0.3, 0.4) is 0 Å². The number of likely N-dealkylation sites (N-methyl/N-ethyl adjacent to an activating group) is 1. The molecular formula is C9H17F2NO3. The largest absolute Gasteiger partial charge is 0.468 e. The molecule has 0 aromatic rings. The van der Waals surface area contributed by atoms with Crippen molar-refractivity contribution in [3.05, 3.63) is 0 Å². The molecule has 0 aromatic carbocycles. The summed E-state index contributed by atoms with van der Waals surface area (Å²) < 4.78 is 32.6. The predicted molar refractivity (Wildman–Crippen MR) is 50.9 cm³/mol. The minimum Gasteiger partial charge on any atom is -0.468 e. The molecule has 0 spiro atoms. The summed E-state index contributed by atoms with van der Waals surface area (Å²) in [4.78, 5) is 11.1. The summed E-state index contributed by atoms with van der Waals surface area (Å²) in [5.41, 5.74) is 0. The molecule has 0 amide bonds. The van der Waals surface area contributed by atoms with Gasteiger partial charge in [0.2, 0.25) is 0 Å². The Balaban J connectivity index is 3.71. The van der Waals surface area contributed by atoms with E-state index in [9.17, 15) is 13.6 Å². The number of methoxy groups -OCH3 is 1. The van der Waals surface area contributed by atoms with Gasteiger partial charge in [-0.25, -0.2) is 8.78 Å². The SMILES string of the molecule is CCNC(CCOCC(F)F)C(=O)OC. The fourth-order valence-corrected chi connectivity index (χ4v) is 1.07. The Labute approximate surface area is 87.9 Å². The van der Waals surface area contributed by atoms with Gasteiger partial charge in [0.1, 0.15) is 12.6 Å². The third-order valence-electron chi connectivity index (χ3n) is 1.73. The molecule has 6 heteroatoms. The minimum absolute atomic E-state index is 0.108. The molecule has 90 valence electrons. The molecule has 0 aliphatic rings. The van der Waals surface area contributed by atoms with Gasteiger partial charge < -0.3 is 14.8 Å². The van der Waals surface area contributed by atoms with Crippen LogP contribution in [-0.2, 0) is 14.3 Å². The molecule has 4 nitrogen and oxygen atoms in total. The van der Waals surface area contributed by atoms with E-state index in [4.69, 9.17) is 0 Å². The fraction of sp³-hybridized carbons (Fsp3) is 0.889. The van der Waals surface area contributed by atoms with Crippen LogP contribution >= 0.6 is 0 Å². The van der Waals surface area contributed by atoms with Crippen molar-refractivity contribution >= 4 is 5.97 Å². The molecule has 0 radical (unpaired) electrons. The van der Waals surface area contributed by atoms with Crippen molar-refractivity contribution in [1.29, 1.82) is 0 Å². The molecule has 1 N–H and O–H groups in total. The number of esters is 1. The van der Waals surface area contributed by atoms with E-state index in [1.165, 1.54) is 7.11 Å². The maximum atomic E-state index is 11.7. The molecular weight excluding hydrogens is 208 g/mol. The summed E-state index contributed by atoms with van der Waals surface area (Å²) in [6, 6.07) is -0.488. The zero-order valence-electron chi connectivity index (χ0n) is 8.96. The van der Waals surface area contributed by atoms with Crippen LogP contribution in [0.25, 0.3) is 0 Å². The summed E-state index contributed by atoms with van der Waals surface area (Å²) in [7, 11) is 1.28. The van der Waals surface area contributed by atoms with Crippen LogP contribution in [-0.4, -0.2) is 45.3 Å². The van der Waals surface area contributed by atoms with E-state index in [-0.39, 0.29) is 6.61 Å². The topological polar surface area (TPSA) is 47.6 Å². The van der Waals surface area contributed by atoms with Crippen molar-refractivity contribution in [3.8, 4) is 0 Å². The number of ether oxygens (including phenoxy) is 2. The molecule has 0 aromatic heterocycles. The van der Waals surface area contributed by atoms with Crippen molar-refractivity contribution < 1.29 is 23.0 Å². The Morgan fingerprint density at radius 1 is 1.47 bits per heavy atom. The lowest BCUT2D eigenvalue weighted by atomic mass is 10.2. The van der Waals surface area contributed by atoms with E-state index in [0.717, 1.165) is 0 Å². The fourth-order valence-electron chi connectivity index (χ4n) is 1.07. The summed E-state index contributed by atoms with van der Waals surface area (Å²) >= 11 is 0. The van der Waals surface area contributed by atoms with E-state index in [1.807, 2.05) is 6.92 Å². The number of hydrogen-bond acceptors (Lipinski definition) is 4. The molecule has 1 unspecified atom stereocenters. The summed E-state index contributed by atoms with van der Waals surface area (Å²) in [6.45, 7) is 1.96.